The van der Waals surface area contributed by atoms with Crippen LogP contribution in [0.25, 0.3) is 0 Å². The topological polar surface area (TPSA) is 50.3 Å². The van der Waals surface area contributed by atoms with Gasteiger partial charge < -0.3 is 15.0 Å². The van der Waals surface area contributed by atoms with E-state index in [1.165, 1.54) is 0 Å². The highest BCUT2D eigenvalue weighted by molar-refractivity contribution is 5.58. The standard InChI is InChI=1S/C13H22N4O/c1-5-11-7-18-9(2)6-17(11)13-10(3)12(14-4)15-8-16-13/h8-9,11H,5-7H2,1-4H3,(H,14,15,16). The first-order valence-corrected chi connectivity index (χ1v) is 6.55. The zero-order chi connectivity index (χ0) is 13.1. The Bertz CT molecular complexity index is 410. The van der Waals surface area contributed by atoms with Crippen molar-refractivity contribution in [2.75, 3.05) is 30.4 Å². The van der Waals surface area contributed by atoms with Crippen LogP contribution in [0.3, 0.4) is 0 Å². The molecule has 1 N–H and O–H groups in total. The summed E-state index contributed by atoms with van der Waals surface area (Å²) >= 11 is 0. The van der Waals surface area contributed by atoms with E-state index in [1.54, 1.807) is 6.33 Å². The highest BCUT2D eigenvalue weighted by Gasteiger charge is 2.28. The lowest BCUT2D eigenvalue weighted by Gasteiger charge is -2.39. The van der Waals surface area contributed by atoms with Crippen molar-refractivity contribution in [3.05, 3.63) is 11.9 Å². The maximum absolute atomic E-state index is 5.73. The molecule has 2 unspecified atom stereocenters. The number of hydrogen-bond donors (Lipinski definition) is 1. The van der Waals surface area contributed by atoms with E-state index in [9.17, 15) is 0 Å². The molecule has 0 aliphatic carbocycles. The normalized spacial score (nSPS) is 24.1. The van der Waals surface area contributed by atoms with Gasteiger partial charge in [-0.2, -0.15) is 0 Å². The molecule has 0 saturated carbocycles. The van der Waals surface area contributed by atoms with Crippen molar-refractivity contribution in [1.29, 1.82) is 0 Å². The van der Waals surface area contributed by atoms with E-state index in [0.717, 1.165) is 36.8 Å². The molecular formula is C13H22N4O. The Morgan fingerprint density at radius 3 is 2.94 bits per heavy atom. The number of nitrogens with zero attached hydrogens (tertiary/aromatic N) is 3. The second kappa shape index (κ2) is 5.52. The molecule has 0 bridgehead atoms. The first kappa shape index (κ1) is 13.1. The van der Waals surface area contributed by atoms with Crippen LogP contribution in [0.4, 0.5) is 11.6 Å². The average Bonchev–Trinajstić information content (AvgIpc) is 2.39. The van der Waals surface area contributed by atoms with Gasteiger partial charge >= 0.3 is 0 Å². The van der Waals surface area contributed by atoms with E-state index < -0.39 is 0 Å². The molecule has 1 aliphatic rings. The number of hydrogen-bond acceptors (Lipinski definition) is 5. The third-order valence-corrected chi connectivity index (χ3v) is 3.51. The first-order valence-electron chi connectivity index (χ1n) is 6.55. The number of anilines is 2. The smallest absolute Gasteiger partial charge is 0.137 e. The Hall–Kier alpha value is -1.36. The largest absolute Gasteiger partial charge is 0.375 e. The van der Waals surface area contributed by atoms with Gasteiger partial charge in [0.1, 0.15) is 18.0 Å². The van der Waals surface area contributed by atoms with Gasteiger partial charge in [-0.15, -0.1) is 0 Å². The van der Waals surface area contributed by atoms with Gasteiger partial charge in [0, 0.05) is 19.2 Å². The van der Waals surface area contributed by atoms with Crippen LogP contribution < -0.4 is 10.2 Å². The van der Waals surface area contributed by atoms with Crippen molar-refractivity contribution < 1.29 is 4.74 Å². The van der Waals surface area contributed by atoms with E-state index in [1.807, 2.05) is 7.05 Å². The van der Waals surface area contributed by atoms with Crippen LogP contribution >= 0.6 is 0 Å². The summed E-state index contributed by atoms with van der Waals surface area (Å²) in [4.78, 5) is 11.1. The summed E-state index contributed by atoms with van der Waals surface area (Å²) in [5, 5.41) is 3.11. The molecule has 1 fully saturated rings. The van der Waals surface area contributed by atoms with Gasteiger partial charge in [-0.05, 0) is 20.3 Å². The molecule has 5 heteroatoms. The summed E-state index contributed by atoms with van der Waals surface area (Å²) in [7, 11) is 1.89. The predicted molar refractivity (Wildman–Crippen MR) is 73.2 cm³/mol. The highest BCUT2D eigenvalue weighted by atomic mass is 16.5. The van der Waals surface area contributed by atoms with Crippen LogP contribution in [-0.4, -0.2) is 42.3 Å². The fourth-order valence-corrected chi connectivity index (χ4v) is 2.42. The van der Waals surface area contributed by atoms with Crippen LogP contribution in [0.1, 0.15) is 25.8 Å². The van der Waals surface area contributed by atoms with Crippen LogP contribution in [0.2, 0.25) is 0 Å². The van der Waals surface area contributed by atoms with Crippen molar-refractivity contribution in [3.63, 3.8) is 0 Å². The zero-order valence-electron chi connectivity index (χ0n) is 11.6. The lowest BCUT2D eigenvalue weighted by Crippen LogP contribution is -2.49. The fourth-order valence-electron chi connectivity index (χ4n) is 2.42. The van der Waals surface area contributed by atoms with Gasteiger partial charge in [0.25, 0.3) is 0 Å². The van der Waals surface area contributed by atoms with Gasteiger partial charge in [0.05, 0.1) is 18.8 Å². The molecule has 1 saturated heterocycles. The maximum Gasteiger partial charge on any atom is 0.137 e. The van der Waals surface area contributed by atoms with Gasteiger partial charge in [0.15, 0.2) is 0 Å². The molecule has 2 rings (SSSR count). The quantitative estimate of drug-likeness (QED) is 0.887. The minimum atomic E-state index is 0.250. The molecule has 1 aliphatic heterocycles. The molecule has 1 aromatic rings. The SMILES string of the molecule is CCC1COC(C)CN1c1ncnc(NC)c1C. The number of ether oxygens (including phenoxy) is 1. The van der Waals surface area contributed by atoms with Crippen LogP contribution in [-0.2, 0) is 4.74 Å². The highest BCUT2D eigenvalue weighted by Crippen LogP contribution is 2.27. The van der Waals surface area contributed by atoms with E-state index in [-0.39, 0.29) is 6.10 Å². The molecule has 2 heterocycles. The van der Waals surface area contributed by atoms with Crippen molar-refractivity contribution in [2.45, 2.75) is 39.3 Å². The van der Waals surface area contributed by atoms with Crippen molar-refractivity contribution in [1.82, 2.24) is 9.97 Å². The molecule has 18 heavy (non-hydrogen) atoms. The summed E-state index contributed by atoms with van der Waals surface area (Å²) in [5.41, 5.74) is 1.10. The van der Waals surface area contributed by atoms with Gasteiger partial charge in [0.2, 0.25) is 0 Å². The molecule has 0 radical (unpaired) electrons. The minimum Gasteiger partial charge on any atom is -0.375 e. The summed E-state index contributed by atoms with van der Waals surface area (Å²) in [5.74, 6) is 1.92. The molecular weight excluding hydrogens is 228 g/mol. The van der Waals surface area contributed by atoms with E-state index in [0.29, 0.717) is 6.04 Å². The second-order valence-electron chi connectivity index (χ2n) is 4.78. The molecule has 1 aromatic heterocycles. The minimum absolute atomic E-state index is 0.250. The number of rotatable bonds is 3. The predicted octanol–water partition coefficient (Wildman–Crippen LogP) is 1.83. The zero-order valence-corrected chi connectivity index (χ0v) is 11.6. The van der Waals surface area contributed by atoms with E-state index in [2.05, 4.69) is 41.0 Å². The number of morpholine rings is 1. The Morgan fingerprint density at radius 2 is 2.28 bits per heavy atom. The molecule has 5 nitrogen and oxygen atoms in total. The maximum atomic E-state index is 5.73. The monoisotopic (exact) mass is 250 g/mol. The van der Waals surface area contributed by atoms with Gasteiger partial charge in [-0.25, -0.2) is 9.97 Å². The van der Waals surface area contributed by atoms with Crippen LogP contribution in [0, 0.1) is 6.92 Å². The lowest BCUT2D eigenvalue weighted by molar-refractivity contribution is 0.0295. The third-order valence-electron chi connectivity index (χ3n) is 3.51. The van der Waals surface area contributed by atoms with E-state index >= 15 is 0 Å². The Morgan fingerprint density at radius 1 is 1.50 bits per heavy atom. The number of aromatic nitrogens is 2. The fraction of sp³-hybridized carbons (Fsp3) is 0.692. The van der Waals surface area contributed by atoms with Gasteiger partial charge in [-0.3, -0.25) is 0 Å². The average molecular weight is 250 g/mol. The molecule has 0 aromatic carbocycles. The first-order chi connectivity index (χ1) is 8.67. The molecule has 0 spiro atoms. The molecule has 0 amide bonds. The second-order valence-corrected chi connectivity index (χ2v) is 4.78. The lowest BCUT2D eigenvalue weighted by atomic mass is 10.1. The van der Waals surface area contributed by atoms with Crippen LogP contribution in [0.5, 0.6) is 0 Å². The van der Waals surface area contributed by atoms with Crippen LogP contribution in [0.15, 0.2) is 6.33 Å². The Balaban J connectivity index is 2.33. The summed E-state index contributed by atoms with van der Waals surface area (Å²) in [6.45, 7) is 8.02. The Kier molecular flexibility index (Phi) is 4.01. The third kappa shape index (κ3) is 2.41. The van der Waals surface area contributed by atoms with E-state index in [4.69, 9.17) is 4.74 Å². The summed E-state index contributed by atoms with van der Waals surface area (Å²) < 4.78 is 5.73. The number of nitrogens with one attached hydrogen (secondary N) is 1. The summed E-state index contributed by atoms with van der Waals surface area (Å²) in [6.07, 6.45) is 2.94. The van der Waals surface area contributed by atoms with Gasteiger partial charge in [-0.1, -0.05) is 6.92 Å². The van der Waals surface area contributed by atoms with Crippen molar-refractivity contribution in [2.24, 2.45) is 0 Å². The molecule has 100 valence electrons. The van der Waals surface area contributed by atoms with Crippen molar-refractivity contribution in [3.8, 4) is 0 Å². The van der Waals surface area contributed by atoms with Crippen molar-refractivity contribution >= 4 is 11.6 Å². The molecule has 2 atom stereocenters. The Labute approximate surface area is 109 Å². The summed E-state index contributed by atoms with van der Waals surface area (Å²) in [6, 6.07) is 0.402.